The Balaban J connectivity index is 2.38. The fourth-order valence-corrected chi connectivity index (χ4v) is 1.82. The first kappa shape index (κ1) is 12.8. The highest BCUT2D eigenvalue weighted by molar-refractivity contribution is 5.60. The lowest BCUT2D eigenvalue weighted by atomic mass is 9.93. The van der Waals surface area contributed by atoms with Crippen molar-refractivity contribution in [3.05, 3.63) is 41.3 Å². The van der Waals surface area contributed by atoms with E-state index < -0.39 is 0 Å². The van der Waals surface area contributed by atoms with E-state index >= 15 is 0 Å². The molecule has 0 amide bonds. The van der Waals surface area contributed by atoms with Crippen molar-refractivity contribution in [2.24, 2.45) is 5.73 Å². The van der Waals surface area contributed by atoms with Crippen LogP contribution in [0.1, 0.15) is 30.8 Å². The molecular weight excluding hydrogens is 222 g/mol. The first-order chi connectivity index (χ1) is 8.44. The Labute approximate surface area is 108 Å². The Bertz CT molecular complexity index is 553. The predicted octanol–water partition coefficient (Wildman–Crippen LogP) is 2.93. The summed E-state index contributed by atoms with van der Waals surface area (Å²) in [5.74, 6) is 0.943. The van der Waals surface area contributed by atoms with Crippen LogP contribution in [0.4, 0.5) is 0 Å². The number of hydrogen-bond donors (Lipinski definition) is 2. The molecule has 0 aliphatic carbocycles. The van der Waals surface area contributed by atoms with E-state index in [-0.39, 0.29) is 5.41 Å². The van der Waals surface area contributed by atoms with Gasteiger partial charge in [-0.05, 0) is 36.6 Å². The predicted molar refractivity (Wildman–Crippen MR) is 75.6 cm³/mol. The third-order valence-electron chi connectivity index (χ3n) is 3.55. The molecule has 0 aliphatic rings. The summed E-state index contributed by atoms with van der Waals surface area (Å²) in [6, 6.07) is 6.44. The molecule has 0 spiro atoms. The zero-order chi connectivity index (χ0) is 13.3. The van der Waals surface area contributed by atoms with Crippen LogP contribution in [0.15, 0.2) is 24.4 Å². The molecule has 0 saturated heterocycles. The number of aryl methyl sites for hydroxylation is 2. The van der Waals surface area contributed by atoms with Crippen LogP contribution in [0.3, 0.4) is 0 Å². The fraction of sp³-hybridized carbons (Fsp3) is 0.400. The van der Waals surface area contributed by atoms with Crippen LogP contribution in [0, 0.1) is 13.8 Å². The molecule has 0 aliphatic heterocycles. The molecular formula is C15H21N3. The van der Waals surface area contributed by atoms with Crippen LogP contribution in [0.25, 0.3) is 11.3 Å². The SMILES string of the molecule is Cc1ccc(-c2cnc(C(C)(C)CN)[nH]2)cc1C. The van der Waals surface area contributed by atoms with Crippen molar-refractivity contribution in [2.75, 3.05) is 6.54 Å². The molecule has 1 aromatic carbocycles. The Morgan fingerprint density at radius 2 is 1.94 bits per heavy atom. The van der Waals surface area contributed by atoms with Gasteiger partial charge in [-0.3, -0.25) is 0 Å². The first-order valence-electron chi connectivity index (χ1n) is 6.27. The molecule has 0 saturated carbocycles. The molecule has 2 rings (SSSR count). The molecule has 0 radical (unpaired) electrons. The van der Waals surface area contributed by atoms with E-state index in [4.69, 9.17) is 5.73 Å². The molecule has 3 nitrogen and oxygen atoms in total. The van der Waals surface area contributed by atoms with Gasteiger partial charge in [0.1, 0.15) is 5.82 Å². The number of aromatic nitrogens is 2. The average molecular weight is 243 g/mol. The second-order valence-corrected chi connectivity index (χ2v) is 5.53. The fourth-order valence-electron chi connectivity index (χ4n) is 1.82. The maximum atomic E-state index is 5.77. The minimum absolute atomic E-state index is 0.113. The van der Waals surface area contributed by atoms with Crippen LogP contribution >= 0.6 is 0 Å². The zero-order valence-corrected chi connectivity index (χ0v) is 11.5. The molecule has 18 heavy (non-hydrogen) atoms. The van der Waals surface area contributed by atoms with Crippen LogP contribution < -0.4 is 5.73 Å². The topological polar surface area (TPSA) is 54.7 Å². The summed E-state index contributed by atoms with van der Waals surface area (Å²) in [5, 5.41) is 0. The van der Waals surface area contributed by atoms with Crippen molar-refractivity contribution in [2.45, 2.75) is 33.1 Å². The van der Waals surface area contributed by atoms with Gasteiger partial charge in [0.05, 0.1) is 11.9 Å². The van der Waals surface area contributed by atoms with E-state index in [9.17, 15) is 0 Å². The molecule has 1 heterocycles. The highest BCUT2D eigenvalue weighted by atomic mass is 14.9. The number of nitrogens with one attached hydrogen (secondary N) is 1. The van der Waals surface area contributed by atoms with Crippen molar-refractivity contribution in [3.63, 3.8) is 0 Å². The van der Waals surface area contributed by atoms with Gasteiger partial charge >= 0.3 is 0 Å². The largest absolute Gasteiger partial charge is 0.342 e. The summed E-state index contributed by atoms with van der Waals surface area (Å²) in [5.41, 5.74) is 10.5. The number of hydrogen-bond acceptors (Lipinski definition) is 2. The Kier molecular flexibility index (Phi) is 3.26. The summed E-state index contributed by atoms with van der Waals surface area (Å²) in [4.78, 5) is 7.83. The molecule has 0 atom stereocenters. The quantitative estimate of drug-likeness (QED) is 0.870. The van der Waals surface area contributed by atoms with E-state index in [1.54, 1.807) is 0 Å². The minimum Gasteiger partial charge on any atom is -0.342 e. The third kappa shape index (κ3) is 2.31. The zero-order valence-electron chi connectivity index (χ0n) is 11.5. The number of nitrogens with zero attached hydrogens (tertiary/aromatic N) is 1. The lowest BCUT2D eigenvalue weighted by Gasteiger charge is -2.18. The molecule has 0 fully saturated rings. The molecule has 1 aromatic heterocycles. The second kappa shape index (κ2) is 4.58. The second-order valence-electron chi connectivity index (χ2n) is 5.53. The van der Waals surface area contributed by atoms with E-state index in [0.29, 0.717) is 6.54 Å². The Morgan fingerprint density at radius 3 is 2.56 bits per heavy atom. The summed E-state index contributed by atoms with van der Waals surface area (Å²) in [7, 11) is 0. The molecule has 0 bridgehead atoms. The maximum absolute atomic E-state index is 5.77. The molecule has 96 valence electrons. The van der Waals surface area contributed by atoms with Gasteiger partial charge in [-0.2, -0.15) is 0 Å². The van der Waals surface area contributed by atoms with Crippen LogP contribution in [-0.2, 0) is 5.41 Å². The van der Waals surface area contributed by atoms with E-state index in [2.05, 4.69) is 55.9 Å². The normalized spacial score (nSPS) is 11.8. The summed E-state index contributed by atoms with van der Waals surface area (Å²) in [6.07, 6.45) is 1.89. The van der Waals surface area contributed by atoms with Gasteiger partial charge < -0.3 is 10.7 Å². The van der Waals surface area contributed by atoms with Crippen molar-refractivity contribution in [1.29, 1.82) is 0 Å². The summed E-state index contributed by atoms with van der Waals surface area (Å²) >= 11 is 0. The molecule has 0 unspecified atom stereocenters. The number of nitrogens with two attached hydrogens (primary N) is 1. The molecule has 3 heteroatoms. The minimum atomic E-state index is -0.113. The van der Waals surface area contributed by atoms with Gasteiger partial charge in [0.25, 0.3) is 0 Å². The van der Waals surface area contributed by atoms with E-state index in [1.807, 2.05) is 6.20 Å². The summed E-state index contributed by atoms with van der Waals surface area (Å²) < 4.78 is 0. The Hall–Kier alpha value is -1.61. The monoisotopic (exact) mass is 243 g/mol. The van der Waals surface area contributed by atoms with Crippen molar-refractivity contribution in [3.8, 4) is 11.3 Å². The maximum Gasteiger partial charge on any atom is 0.113 e. The van der Waals surface area contributed by atoms with Gasteiger partial charge in [0.2, 0.25) is 0 Å². The molecule has 3 N–H and O–H groups in total. The van der Waals surface area contributed by atoms with Gasteiger partial charge in [0, 0.05) is 12.0 Å². The lowest BCUT2D eigenvalue weighted by molar-refractivity contribution is 0.508. The highest BCUT2D eigenvalue weighted by Crippen LogP contribution is 2.24. The number of rotatable bonds is 3. The van der Waals surface area contributed by atoms with Gasteiger partial charge in [0.15, 0.2) is 0 Å². The third-order valence-corrected chi connectivity index (χ3v) is 3.55. The highest BCUT2D eigenvalue weighted by Gasteiger charge is 2.22. The summed E-state index contributed by atoms with van der Waals surface area (Å²) in [6.45, 7) is 9.01. The van der Waals surface area contributed by atoms with Gasteiger partial charge in [-0.1, -0.05) is 26.0 Å². The number of aromatic amines is 1. The van der Waals surface area contributed by atoms with Crippen molar-refractivity contribution >= 4 is 0 Å². The smallest absolute Gasteiger partial charge is 0.113 e. The van der Waals surface area contributed by atoms with Crippen molar-refractivity contribution < 1.29 is 0 Å². The van der Waals surface area contributed by atoms with Crippen LogP contribution in [0.5, 0.6) is 0 Å². The standard InChI is InChI=1S/C15H21N3/c1-10-5-6-12(7-11(10)2)13-8-17-14(18-13)15(3,4)9-16/h5-8H,9,16H2,1-4H3,(H,17,18). The van der Waals surface area contributed by atoms with Crippen LogP contribution in [-0.4, -0.2) is 16.5 Å². The Morgan fingerprint density at radius 1 is 1.22 bits per heavy atom. The van der Waals surface area contributed by atoms with E-state index in [1.165, 1.54) is 16.7 Å². The van der Waals surface area contributed by atoms with Crippen molar-refractivity contribution in [1.82, 2.24) is 9.97 Å². The first-order valence-corrected chi connectivity index (χ1v) is 6.27. The molecule has 2 aromatic rings. The number of H-pyrrole nitrogens is 1. The van der Waals surface area contributed by atoms with Gasteiger partial charge in [-0.25, -0.2) is 4.98 Å². The van der Waals surface area contributed by atoms with Crippen LogP contribution in [0.2, 0.25) is 0 Å². The lowest BCUT2D eigenvalue weighted by Crippen LogP contribution is -2.29. The number of imidazole rings is 1. The number of benzene rings is 1. The average Bonchev–Trinajstić information content (AvgIpc) is 2.83. The van der Waals surface area contributed by atoms with Gasteiger partial charge in [-0.15, -0.1) is 0 Å². The van der Waals surface area contributed by atoms with E-state index in [0.717, 1.165) is 11.5 Å².